The molecule has 0 spiro atoms. The minimum atomic E-state index is -3.12. The second-order valence-electron chi connectivity index (χ2n) is 12.4. The van der Waals surface area contributed by atoms with Crippen LogP contribution in [-0.2, 0) is 4.79 Å². The molecule has 1 N–H and O–H groups in total. The maximum Gasteiger partial charge on any atom is 0.400 e. The molecule has 0 aliphatic heterocycles. The van der Waals surface area contributed by atoms with Gasteiger partial charge < -0.3 is 10.1 Å². The van der Waals surface area contributed by atoms with Crippen molar-refractivity contribution in [1.82, 2.24) is 5.32 Å². The second-order valence-corrected chi connectivity index (χ2v) is 12.4. The van der Waals surface area contributed by atoms with E-state index < -0.39 is 12.0 Å². The summed E-state index contributed by atoms with van der Waals surface area (Å²) in [5.41, 5.74) is 1.16. The highest BCUT2D eigenvalue weighted by molar-refractivity contribution is 5.87. The quantitative estimate of drug-likeness (QED) is 0.229. The molecule has 0 heterocycles. The predicted octanol–water partition coefficient (Wildman–Crippen LogP) is 9.18. The first-order valence-electron chi connectivity index (χ1n) is 15.5. The van der Waals surface area contributed by atoms with Crippen LogP contribution in [0.2, 0.25) is 0 Å². The second kappa shape index (κ2) is 13.9. The number of alkyl halides is 2. The Morgan fingerprint density at radius 1 is 0.921 bits per heavy atom. The zero-order valence-corrected chi connectivity index (χ0v) is 23.4. The van der Waals surface area contributed by atoms with Gasteiger partial charge in [-0.25, -0.2) is 0 Å². The first-order valence-corrected chi connectivity index (χ1v) is 15.5. The molecule has 38 heavy (non-hydrogen) atoms. The molecule has 1 aromatic rings. The SMILES string of the molecule is C=CC(=O)NC1CCC(c2ccc(OC(F)(F)C3CCC(C4CCC(CCCCC)CC4)CC3)cc2)CC1. The van der Waals surface area contributed by atoms with E-state index in [0.717, 1.165) is 55.9 Å². The Kier molecular flexibility index (Phi) is 10.7. The van der Waals surface area contributed by atoms with Gasteiger partial charge in [0.05, 0.1) is 5.92 Å². The molecule has 1 aromatic carbocycles. The number of rotatable bonds is 11. The zero-order valence-electron chi connectivity index (χ0n) is 23.4. The van der Waals surface area contributed by atoms with E-state index in [0.29, 0.717) is 24.7 Å². The first kappa shape index (κ1) is 29.1. The molecule has 3 saturated carbocycles. The molecule has 212 valence electrons. The summed E-state index contributed by atoms with van der Waals surface area (Å²) in [5.74, 6) is 2.11. The van der Waals surface area contributed by atoms with E-state index in [-0.39, 0.29) is 17.7 Å². The molecule has 1 amide bonds. The average Bonchev–Trinajstić information content (AvgIpc) is 2.94. The van der Waals surface area contributed by atoms with Crippen molar-refractivity contribution in [3.63, 3.8) is 0 Å². The van der Waals surface area contributed by atoms with Crippen molar-refractivity contribution in [2.75, 3.05) is 0 Å². The van der Waals surface area contributed by atoms with Crippen LogP contribution >= 0.6 is 0 Å². The van der Waals surface area contributed by atoms with Crippen LogP contribution in [0, 0.1) is 23.7 Å². The highest BCUT2D eigenvalue weighted by atomic mass is 19.3. The molecule has 5 heteroatoms. The molecule has 3 aliphatic rings. The number of carbonyl (C=O) groups excluding carboxylic acids is 1. The summed E-state index contributed by atoms with van der Waals surface area (Å²) in [5, 5.41) is 2.98. The summed E-state index contributed by atoms with van der Waals surface area (Å²) in [7, 11) is 0. The van der Waals surface area contributed by atoms with Gasteiger partial charge in [-0.1, -0.05) is 64.2 Å². The first-order chi connectivity index (χ1) is 18.4. The Bertz CT molecular complexity index is 861. The molecule has 0 saturated heterocycles. The van der Waals surface area contributed by atoms with E-state index in [1.54, 1.807) is 12.1 Å². The Morgan fingerprint density at radius 2 is 1.53 bits per heavy atom. The summed E-state index contributed by atoms with van der Waals surface area (Å²) >= 11 is 0. The van der Waals surface area contributed by atoms with Crippen molar-refractivity contribution in [1.29, 1.82) is 0 Å². The van der Waals surface area contributed by atoms with Crippen LogP contribution < -0.4 is 10.1 Å². The van der Waals surface area contributed by atoms with Crippen molar-refractivity contribution in [3.05, 3.63) is 42.5 Å². The summed E-state index contributed by atoms with van der Waals surface area (Å²) in [6.45, 7) is 5.77. The molecule has 0 atom stereocenters. The van der Waals surface area contributed by atoms with Gasteiger partial charge in [-0.2, -0.15) is 8.78 Å². The maximum absolute atomic E-state index is 15.1. The smallest absolute Gasteiger partial charge is 0.400 e. The number of unbranched alkanes of at least 4 members (excludes halogenated alkanes) is 2. The molecule has 4 rings (SSSR count). The van der Waals surface area contributed by atoms with Crippen molar-refractivity contribution in [2.24, 2.45) is 23.7 Å². The Morgan fingerprint density at radius 3 is 2.11 bits per heavy atom. The van der Waals surface area contributed by atoms with Crippen LogP contribution in [0.4, 0.5) is 8.78 Å². The third kappa shape index (κ3) is 8.05. The van der Waals surface area contributed by atoms with Gasteiger partial charge in [0.25, 0.3) is 0 Å². The van der Waals surface area contributed by atoms with Gasteiger partial charge in [-0.15, -0.1) is 0 Å². The standard InChI is InChI=1S/C33H49F2NO2/c1-3-5-6-7-24-8-10-25(11-9-24)26-12-18-29(19-13-26)33(34,35)38-31-22-16-28(17-23-31)27-14-20-30(21-15-27)36-32(37)4-2/h4,16-17,22-27,29-30H,2-3,5-15,18-21H2,1H3,(H,36,37). The van der Waals surface area contributed by atoms with Crippen molar-refractivity contribution in [2.45, 2.75) is 128 Å². The topological polar surface area (TPSA) is 38.3 Å². The summed E-state index contributed by atoms with van der Waals surface area (Å²) < 4.78 is 35.6. The van der Waals surface area contributed by atoms with E-state index in [9.17, 15) is 4.79 Å². The van der Waals surface area contributed by atoms with Crippen molar-refractivity contribution in [3.8, 4) is 5.75 Å². The van der Waals surface area contributed by atoms with Gasteiger partial charge >= 0.3 is 6.11 Å². The summed E-state index contributed by atoms with van der Waals surface area (Å²) in [6.07, 6.45) is 15.6. The number of hydrogen-bond acceptors (Lipinski definition) is 2. The largest absolute Gasteiger partial charge is 0.432 e. The zero-order chi connectivity index (χ0) is 27.0. The van der Waals surface area contributed by atoms with Crippen molar-refractivity contribution >= 4 is 5.91 Å². The summed E-state index contributed by atoms with van der Waals surface area (Å²) in [4.78, 5) is 11.5. The van der Waals surface area contributed by atoms with Crippen LogP contribution in [0.25, 0.3) is 0 Å². The highest BCUT2D eigenvalue weighted by Crippen LogP contribution is 2.46. The van der Waals surface area contributed by atoms with Crippen LogP contribution in [0.1, 0.15) is 121 Å². The molecule has 0 radical (unpaired) electrons. The van der Waals surface area contributed by atoms with Gasteiger partial charge in [0.15, 0.2) is 0 Å². The van der Waals surface area contributed by atoms with Gasteiger partial charge in [0.1, 0.15) is 5.75 Å². The number of hydrogen-bond donors (Lipinski definition) is 1. The lowest BCUT2D eigenvalue weighted by Gasteiger charge is -2.39. The number of nitrogens with one attached hydrogen (secondary N) is 1. The monoisotopic (exact) mass is 529 g/mol. The lowest BCUT2D eigenvalue weighted by molar-refractivity contribution is -0.224. The third-order valence-corrected chi connectivity index (χ3v) is 9.89. The maximum atomic E-state index is 15.1. The van der Waals surface area contributed by atoms with Crippen LogP contribution in [0.3, 0.4) is 0 Å². The molecule has 0 aromatic heterocycles. The van der Waals surface area contributed by atoms with Crippen LogP contribution in [0.5, 0.6) is 5.75 Å². The fourth-order valence-corrected chi connectivity index (χ4v) is 7.44. The van der Waals surface area contributed by atoms with E-state index in [1.807, 2.05) is 12.1 Å². The molecule has 0 bridgehead atoms. The normalized spacial score (nSPS) is 30.4. The Hall–Kier alpha value is -1.91. The molecule has 0 unspecified atom stereocenters. The van der Waals surface area contributed by atoms with Gasteiger partial charge in [0.2, 0.25) is 5.91 Å². The number of carbonyl (C=O) groups is 1. The molecule has 3 fully saturated rings. The number of halogens is 2. The van der Waals surface area contributed by atoms with Crippen LogP contribution in [0.15, 0.2) is 36.9 Å². The number of ether oxygens (including phenoxy) is 1. The lowest BCUT2D eigenvalue weighted by atomic mass is 9.68. The van der Waals surface area contributed by atoms with E-state index in [2.05, 4.69) is 18.8 Å². The average molecular weight is 530 g/mol. The van der Waals surface area contributed by atoms with E-state index >= 15 is 8.78 Å². The molecule has 3 nitrogen and oxygen atoms in total. The van der Waals surface area contributed by atoms with Crippen molar-refractivity contribution < 1.29 is 18.3 Å². The van der Waals surface area contributed by atoms with Gasteiger partial charge in [-0.05, 0) is 112 Å². The highest BCUT2D eigenvalue weighted by Gasteiger charge is 2.45. The predicted molar refractivity (Wildman–Crippen MR) is 150 cm³/mol. The van der Waals surface area contributed by atoms with E-state index in [1.165, 1.54) is 57.4 Å². The number of amides is 1. The fourth-order valence-electron chi connectivity index (χ4n) is 7.44. The van der Waals surface area contributed by atoms with Gasteiger partial charge in [-0.3, -0.25) is 4.79 Å². The minimum absolute atomic E-state index is 0.121. The fraction of sp³-hybridized carbons (Fsp3) is 0.727. The Labute approximate surface area is 229 Å². The van der Waals surface area contributed by atoms with Crippen LogP contribution in [-0.4, -0.2) is 18.1 Å². The lowest BCUT2D eigenvalue weighted by Crippen LogP contribution is -2.38. The summed E-state index contributed by atoms with van der Waals surface area (Å²) in [6, 6.07) is 7.49. The Balaban J connectivity index is 1.19. The molecule has 3 aliphatic carbocycles. The minimum Gasteiger partial charge on any atom is -0.432 e. The molecular formula is C33H49F2NO2. The van der Waals surface area contributed by atoms with E-state index in [4.69, 9.17) is 4.74 Å². The van der Waals surface area contributed by atoms with Gasteiger partial charge in [0, 0.05) is 6.04 Å². The molecular weight excluding hydrogens is 480 g/mol. The third-order valence-electron chi connectivity index (χ3n) is 9.89. The number of benzene rings is 1.